The highest BCUT2D eigenvalue weighted by Crippen LogP contribution is 2.16. The van der Waals surface area contributed by atoms with Gasteiger partial charge in [-0.3, -0.25) is 0 Å². The van der Waals surface area contributed by atoms with Gasteiger partial charge in [0.2, 0.25) is 0 Å². The van der Waals surface area contributed by atoms with Crippen molar-refractivity contribution in [3.05, 3.63) is 53.0 Å². The Morgan fingerprint density at radius 3 is 2.44 bits per heavy atom. The number of hydrogen-bond donors (Lipinski definition) is 1. The van der Waals surface area contributed by atoms with Crippen LogP contribution in [0, 0.1) is 0 Å². The molecule has 1 N–H and O–H groups in total. The van der Waals surface area contributed by atoms with Gasteiger partial charge in [-0.05, 0) is 31.9 Å². The predicted molar refractivity (Wildman–Crippen MR) is 67.0 cm³/mol. The molecule has 0 amide bonds. The van der Waals surface area contributed by atoms with Crippen molar-refractivity contribution in [1.82, 2.24) is 0 Å². The van der Waals surface area contributed by atoms with Gasteiger partial charge in [-0.1, -0.05) is 36.4 Å². The molecule has 2 nitrogen and oxygen atoms in total. The second-order valence-electron chi connectivity index (χ2n) is 3.60. The Hall–Kier alpha value is -1.70. The van der Waals surface area contributed by atoms with Crippen LogP contribution >= 0.6 is 0 Å². The Bertz CT molecular complexity index is 388. The fourth-order valence-electron chi connectivity index (χ4n) is 1.32. The maximum absolute atomic E-state index is 9.58. The minimum Gasteiger partial charge on any atom is -0.481 e. The van der Waals surface area contributed by atoms with Gasteiger partial charge in [-0.25, -0.2) is 0 Å². The smallest absolute Gasteiger partial charge is 0.279 e. The van der Waals surface area contributed by atoms with Gasteiger partial charge in [0.1, 0.15) is 0 Å². The molecule has 1 aromatic carbocycles. The molecule has 0 saturated heterocycles. The highest BCUT2D eigenvalue weighted by molar-refractivity contribution is 5.57. The summed E-state index contributed by atoms with van der Waals surface area (Å²) in [6.07, 6.45) is 2.02. The lowest BCUT2D eigenvalue weighted by Crippen LogP contribution is -1.95. The number of ether oxygens (including phenoxy) is 1. The van der Waals surface area contributed by atoms with Crippen molar-refractivity contribution in [1.29, 1.82) is 0 Å². The minimum atomic E-state index is 0.00665. The fraction of sp³-hybridized carbons (Fsp3) is 0.286. The predicted octanol–water partition coefficient (Wildman–Crippen LogP) is 3.92. The summed E-state index contributed by atoms with van der Waals surface area (Å²) in [6, 6.07) is 10.00. The molecule has 0 aliphatic carbocycles. The third kappa shape index (κ3) is 3.46. The van der Waals surface area contributed by atoms with E-state index in [9.17, 15) is 5.11 Å². The Kier molecular flexibility index (Phi) is 4.65. The van der Waals surface area contributed by atoms with E-state index in [2.05, 4.69) is 0 Å². The molecule has 0 heterocycles. The third-order valence-corrected chi connectivity index (χ3v) is 2.38. The van der Waals surface area contributed by atoms with Crippen LogP contribution in [-0.4, -0.2) is 11.7 Å². The van der Waals surface area contributed by atoms with E-state index in [1.54, 1.807) is 0 Å². The van der Waals surface area contributed by atoms with Crippen molar-refractivity contribution >= 4 is 6.08 Å². The number of benzene rings is 1. The zero-order chi connectivity index (χ0) is 12.0. The number of rotatable bonds is 4. The van der Waals surface area contributed by atoms with Gasteiger partial charge in [-0.2, -0.15) is 0 Å². The van der Waals surface area contributed by atoms with Crippen LogP contribution in [0.25, 0.3) is 6.08 Å². The molecule has 0 saturated carbocycles. The summed E-state index contributed by atoms with van der Waals surface area (Å²) in [6.45, 7) is 6.12. The van der Waals surface area contributed by atoms with E-state index in [0.717, 1.165) is 16.7 Å². The van der Waals surface area contributed by atoms with Crippen LogP contribution < -0.4 is 0 Å². The topological polar surface area (TPSA) is 29.5 Å². The van der Waals surface area contributed by atoms with Crippen LogP contribution in [0.4, 0.5) is 0 Å². The lowest BCUT2D eigenvalue weighted by Gasteiger charge is -2.07. The molecule has 86 valence electrons. The van der Waals surface area contributed by atoms with Crippen LogP contribution in [-0.2, 0) is 4.74 Å². The number of aliphatic hydroxyl groups excluding tert-OH is 1. The summed E-state index contributed by atoms with van der Waals surface area (Å²) in [7, 11) is 0. The Morgan fingerprint density at radius 2 is 1.88 bits per heavy atom. The average molecular weight is 218 g/mol. The minimum absolute atomic E-state index is 0.00665. The average Bonchev–Trinajstić information content (AvgIpc) is 2.29. The van der Waals surface area contributed by atoms with Crippen LogP contribution in [0.15, 0.2) is 47.4 Å². The van der Waals surface area contributed by atoms with Gasteiger partial charge >= 0.3 is 0 Å². The van der Waals surface area contributed by atoms with Crippen molar-refractivity contribution in [3.63, 3.8) is 0 Å². The molecule has 0 bridgehead atoms. The van der Waals surface area contributed by atoms with Gasteiger partial charge in [0.05, 0.1) is 6.61 Å². The molecule has 16 heavy (non-hydrogen) atoms. The second kappa shape index (κ2) is 6.01. The van der Waals surface area contributed by atoms with E-state index in [4.69, 9.17) is 4.74 Å². The SMILES string of the molecule is CCO/C(O)=C(C)\C(C)=C/c1ccccc1. The van der Waals surface area contributed by atoms with E-state index < -0.39 is 0 Å². The Labute approximate surface area is 96.9 Å². The van der Waals surface area contributed by atoms with Crippen molar-refractivity contribution in [2.75, 3.05) is 6.61 Å². The first kappa shape index (κ1) is 12.4. The standard InChI is InChI=1S/C14H18O2/c1-4-16-14(15)12(3)11(2)10-13-8-6-5-7-9-13/h5-10,15H,4H2,1-3H3/b11-10-,14-12-. The summed E-state index contributed by atoms with van der Waals surface area (Å²) in [5.74, 6) is 0.00665. The van der Waals surface area contributed by atoms with Gasteiger partial charge in [0, 0.05) is 5.57 Å². The normalized spacial score (nSPS) is 13.3. The Balaban J connectivity index is 2.90. The fourth-order valence-corrected chi connectivity index (χ4v) is 1.32. The molecule has 0 aliphatic heterocycles. The lowest BCUT2D eigenvalue weighted by molar-refractivity contribution is 0.0987. The first-order valence-electron chi connectivity index (χ1n) is 5.41. The van der Waals surface area contributed by atoms with Gasteiger partial charge in [-0.15, -0.1) is 0 Å². The summed E-state index contributed by atoms with van der Waals surface area (Å²) in [5.41, 5.74) is 2.88. The molecule has 0 radical (unpaired) electrons. The first-order chi connectivity index (χ1) is 7.65. The molecule has 0 aliphatic rings. The molecule has 0 unspecified atom stereocenters. The highest BCUT2D eigenvalue weighted by atomic mass is 16.6. The quantitative estimate of drug-likeness (QED) is 0.613. The highest BCUT2D eigenvalue weighted by Gasteiger charge is 2.03. The molecular formula is C14H18O2. The summed E-state index contributed by atoms with van der Waals surface area (Å²) in [4.78, 5) is 0. The van der Waals surface area contributed by atoms with Crippen molar-refractivity contribution in [2.45, 2.75) is 20.8 Å². The number of allylic oxidation sites excluding steroid dienone is 2. The van der Waals surface area contributed by atoms with Gasteiger partial charge in [0.25, 0.3) is 5.95 Å². The number of hydrogen-bond acceptors (Lipinski definition) is 2. The van der Waals surface area contributed by atoms with Crippen molar-refractivity contribution in [3.8, 4) is 0 Å². The first-order valence-corrected chi connectivity index (χ1v) is 5.41. The van der Waals surface area contributed by atoms with Crippen LogP contribution in [0.1, 0.15) is 26.3 Å². The molecule has 1 rings (SSSR count). The van der Waals surface area contributed by atoms with Crippen molar-refractivity contribution < 1.29 is 9.84 Å². The second-order valence-corrected chi connectivity index (χ2v) is 3.60. The summed E-state index contributed by atoms with van der Waals surface area (Å²) >= 11 is 0. The zero-order valence-electron chi connectivity index (χ0n) is 10.0. The lowest BCUT2D eigenvalue weighted by atomic mass is 10.1. The maximum Gasteiger partial charge on any atom is 0.279 e. The van der Waals surface area contributed by atoms with Crippen LogP contribution in [0.3, 0.4) is 0 Å². The van der Waals surface area contributed by atoms with E-state index in [1.165, 1.54) is 0 Å². The van der Waals surface area contributed by atoms with Crippen molar-refractivity contribution in [2.24, 2.45) is 0 Å². The Morgan fingerprint density at radius 1 is 1.25 bits per heavy atom. The van der Waals surface area contributed by atoms with Crippen LogP contribution in [0.5, 0.6) is 0 Å². The summed E-state index contributed by atoms with van der Waals surface area (Å²) < 4.78 is 5.06. The number of aliphatic hydroxyl groups is 1. The van der Waals surface area contributed by atoms with Crippen LogP contribution in [0.2, 0.25) is 0 Å². The third-order valence-electron chi connectivity index (χ3n) is 2.38. The van der Waals surface area contributed by atoms with E-state index in [0.29, 0.717) is 6.61 Å². The maximum atomic E-state index is 9.58. The molecule has 0 aromatic heterocycles. The van der Waals surface area contributed by atoms with Gasteiger partial charge < -0.3 is 9.84 Å². The van der Waals surface area contributed by atoms with E-state index in [1.807, 2.05) is 57.2 Å². The van der Waals surface area contributed by atoms with E-state index >= 15 is 0 Å². The molecule has 2 heteroatoms. The van der Waals surface area contributed by atoms with E-state index in [-0.39, 0.29) is 5.95 Å². The van der Waals surface area contributed by atoms with Gasteiger partial charge in [0.15, 0.2) is 0 Å². The molecule has 1 aromatic rings. The molecule has 0 atom stereocenters. The molecule has 0 fully saturated rings. The largest absolute Gasteiger partial charge is 0.481 e. The zero-order valence-corrected chi connectivity index (χ0v) is 10.0. The molecule has 0 spiro atoms. The summed E-state index contributed by atoms with van der Waals surface area (Å²) in [5, 5.41) is 9.58. The molecular weight excluding hydrogens is 200 g/mol. The monoisotopic (exact) mass is 218 g/mol.